The molecule has 0 radical (unpaired) electrons. The van der Waals surface area contributed by atoms with Gasteiger partial charge in [-0.05, 0) is 6.92 Å². The third kappa shape index (κ3) is 7.13. The average Bonchev–Trinajstić information content (AvgIpc) is 3.68. The second-order valence-electron chi connectivity index (χ2n) is 15.8. The van der Waals surface area contributed by atoms with Gasteiger partial charge in [-0.25, -0.2) is 0 Å². The predicted octanol–water partition coefficient (Wildman–Crippen LogP) is 1.44. The van der Waals surface area contributed by atoms with Crippen LogP contribution < -0.4 is 0 Å². The maximum atomic E-state index is 15.3. The van der Waals surface area contributed by atoms with E-state index in [2.05, 4.69) is 0 Å². The van der Waals surface area contributed by atoms with E-state index in [-0.39, 0.29) is 0 Å². The fourth-order valence-corrected chi connectivity index (χ4v) is 8.97. The third-order valence-electron chi connectivity index (χ3n) is 10.8. The number of carbonyl (C=O) groups excluding carboxylic acids is 8. The Hall–Kier alpha value is -4.12. The van der Waals surface area contributed by atoms with Gasteiger partial charge in [-0.3, -0.25) is 38.4 Å². The minimum atomic E-state index is -2.79. The highest BCUT2D eigenvalue weighted by Crippen LogP contribution is 2.66. The zero-order valence-electron chi connectivity index (χ0n) is 32.1. The molecule has 0 aromatic carbocycles. The van der Waals surface area contributed by atoms with Crippen LogP contribution in [-0.4, -0.2) is 112 Å². The summed E-state index contributed by atoms with van der Waals surface area (Å²) in [4.78, 5) is 106. The van der Waals surface area contributed by atoms with E-state index in [4.69, 9.17) is 37.9 Å². The molecule has 4 aliphatic rings. The minimum absolute atomic E-state index is 0.649. The van der Waals surface area contributed by atoms with Gasteiger partial charge in [0.15, 0.2) is 41.4 Å². The minimum Gasteiger partial charge on any atom is -0.459 e. The smallest absolute Gasteiger partial charge is 0.309 e. The highest BCUT2D eigenvalue weighted by atomic mass is 16.7. The lowest BCUT2D eigenvalue weighted by Gasteiger charge is -2.54. The summed E-state index contributed by atoms with van der Waals surface area (Å²) >= 11 is 0. The highest BCUT2D eigenvalue weighted by Gasteiger charge is 2.83. The van der Waals surface area contributed by atoms with Crippen LogP contribution in [0.5, 0.6) is 0 Å². The number of Topliss-reactive ketones (excluding diaryl/α,β-unsaturated/α-hetero) is 1. The van der Waals surface area contributed by atoms with Crippen LogP contribution in [0.3, 0.4) is 0 Å². The number of esters is 7. The van der Waals surface area contributed by atoms with Crippen molar-refractivity contribution in [3.63, 3.8) is 0 Å². The summed E-state index contributed by atoms with van der Waals surface area (Å²) in [7, 11) is 0. The molecule has 3 saturated carbocycles. The number of fused-ring (bicyclic) bond motifs is 2. The zero-order valence-corrected chi connectivity index (χ0v) is 32.1. The summed E-state index contributed by atoms with van der Waals surface area (Å²) < 4.78 is 47.4. The summed E-state index contributed by atoms with van der Waals surface area (Å²) in [5.41, 5.74) is -10.4. The first-order chi connectivity index (χ1) is 24.2. The summed E-state index contributed by atoms with van der Waals surface area (Å²) in [6.45, 7) is 15.2. The molecule has 296 valence electrons. The first kappa shape index (κ1) is 41.6. The standard InChI is InChI=1S/C36H50O17/c1-15(2)30(44)52-33(12)13-36(51-22(9)42)23(26(33)47-18(5)38)27(48-19(6)39)34(45)14-35(16(3)25(36)43)31(53-35)32(10,11)28(49-20(7)40)24(46-17(4)37)29(34)50-21(8)41/h15-16,23-24,26-29,31,45H,13-14H2,1-12H3. The molecular weight excluding hydrogens is 704 g/mol. The maximum Gasteiger partial charge on any atom is 0.309 e. The summed E-state index contributed by atoms with van der Waals surface area (Å²) in [6.07, 6.45) is -11.7. The van der Waals surface area contributed by atoms with Crippen molar-refractivity contribution in [2.75, 3.05) is 0 Å². The molecule has 17 nitrogen and oxygen atoms in total. The Morgan fingerprint density at radius 1 is 0.679 bits per heavy atom. The second kappa shape index (κ2) is 13.9. The van der Waals surface area contributed by atoms with Gasteiger partial charge in [0.1, 0.15) is 17.3 Å². The van der Waals surface area contributed by atoms with Crippen LogP contribution in [0.4, 0.5) is 0 Å². The van der Waals surface area contributed by atoms with E-state index in [1.165, 1.54) is 27.7 Å². The van der Waals surface area contributed by atoms with Gasteiger partial charge < -0.3 is 43.0 Å². The average molecular weight is 755 g/mol. The van der Waals surface area contributed by atoms with Gasteiger partial charge in [0, 0.05) is 59.8 Å². The molecule has 1 spiro atoms. The maximum absolute atomic E-state index is 15.3. The first-order valence-electron chi connectivity index (χ1n) is 17.4. The van der Waals surface area contributed by atoms with Crippen molar-refractivity contribution in [3.05, 3.63) is 0 Å². The Bertz CT molecular complexity index is 1580. The van der Waals surface area contributed by atoms with Crippen molar-refractivity contribution < 1.29 is 81.4 Å². The fourth-order valence-electron chi connectivity index (χ4n) is 8.97. The molecule has 2 bridgehead atoms. The molecule has 12 atom stereocenters. The van der Waals surface area contributed by atoms with Crippen molar-refractivity contribution in [2.45, 2.75) is 155 Å². The van der Waals surface area contributed by atoms with Gasteiger partial charge in [0.2, 0.25) is 0 Å². The topological polar surface area (TPSA) is 234 Å². The molecule has 0 aromatic heterocycles. The van der Waals surface area contributed by atoms with Crippen LogP contribution in [-0.2, 0) is 76.3 Å². The largest absolute Gasteiger partial charge is 0.459 e. The van der Waals surface area contributed by atoms with Crippen LogP contribution in [0, 0.1) is 23.2 Å². The van der Waals surface area contributed by atoms with Gasteiger partial charge in [0.25, 0.3) is 0 Å². The lowest BCUT2D eigenvalue weighted by molar-refractivity contribution is -0.267. The number of ketones is 1. The molecule has 3 aliphatic carbocycles. The van der Waals surface area contributed by atoms with Crippen molar-refractivity contribution in [1.29, 1.82) is 0 Å². The van der Waals surface area contributed by atoms with Gasteiger partial charge in [-0.1, -0.05) is 34.6 Å². The second-order valence-corrected chi connectivity index (χ2v) is 15.8. The van der Waals surface area contributed by atoms with Crippen molar-refractivity contribution in [2.24, 2.45) is 23.2 Å². The lowest BCUT2D eigenvalue weighted by atomic mass is 9.57. The van der Waals surface area contributed by atoms with Gasteiger partial charge in [0.05, 0.1) is 23.9 Å². The number of epoxide rings is 1. The van der Waals surface area contributed by atoms with Crippen LogP contribution in [0.15, 0.2) is 0 Å². The van der Waals surface area contributed by atoms with E-state index >= 15 is 4.79 Å². The Labute approximate surface area is 306 Å². The van der Waals surface area contributed by atoms with E-state index in [0.717, 1.165) is 41.5 Å². The molecule has 1 aliphatic heterocycles. The lowest BCUT2D eigenvalue weighted by Crippen LogP contribution is -2.74. The summed E-state index contributed by atoms with van der Waals surface area (Å²) in [5, 5.41) is 13.5. The van der Waals surface area contributed by atoms with E-state index in [9.17, 15) is 38.7 Å². The van der Waals surface area contributed by atoms with Crippen LogP contribution >= 0.6 is 0 Å². The Balaban J connectivity index is 2.22. The normalized spacial score (nSPS) is 39.6. The molecule has 0 aromatic rings. The van der Waals surface area contributed by atoms with E-state index < -0.39 is 143 Å². The molecule has 0 amide bonds. The molecule has 1 heterocycles. The van der Waals surface area contributed by atoms with E-state index in [0.29, 0.717) is 0 Å². The molecule has 4 fully saturated rings. The highest BCUT2D eigenvalue weighted by molar-refractivity contribution is 5.94. The SMILES string of the molecule is CC(=O)OC1C(OC(C)=O)C(C)(C)C2OC23CC(O)(C1OC(C)=O)C(OC(C)=O)C1C(OC(C)=O)C(C)(OC(=O)C(C)C)CC1(OC(C)=O)C(=O)C3C. The molecule has 53 heavy (non-hydrogen) atoms. The van der Waals surface area contributed by atoms with Gasteiger partial charge in [-0.2, -0.15) is 0 Å². The van der Waals surface area contributed by atoms with Gasteiger partial charge >= 0.3 is 41.8 Å². The molecule has 1 saturated heterocycles. The Kier molecular flexibility index (Phi) is 11.0. The number of ether oxygens (including phenoxy) is 8. The summed E-state index contributed by atoms with van der Waals surface area (Å²) in [5.74, 6) is -11.4. The number of aliphatic hydroxyl groups is 1. The van der Waals surface area contributed by atoms with Crippen molar-refractivity contribution in [1.82, 2.24) is 0 Å². The number of carbonyl (C=O) groups is 8. The number of hydrogen-bond donors (Lipinski definition) is 1. The molecule has 1 N–H and O–H groups in total. The molecular formula is C36H50O17. The predicted molar refractivity (Wildman–Crippen MR) is 175 cm³/mol. The first-order valence-corrected chi connectivity index (χ1v) is 17.4. The number of rotatable bonds is 8. The van der Waals surface area contributed by atoms with Crippen LogP contribution in [0.1, 0.15) is 95.9 Å². The third-order valence-corrected chi connectivity index (χ3v) is 10.8. The number of hydrogen-bond acceptors (Lipinski definition) is 17. The Morgan fingerprint density at radius 2 is 1.15 bits per heavy atom. The zero-order chi connectivity index (χ0) is 40.4. The van der Waals surface area contributed by atoms with E-state index in [1.54, 1.807) is 13.8 Å². The summed E-state index contributed by atoms with van der Waals surface area (Å²) in [6, 6.07) is 0. The molecule has 4 rings (SSSR count). The fraction of sp³-hybridized carbons (Fsp3) is 0.778. The monoisotopic (exact) mass is 754 g/mol. The van der Waals surface area contributed by atoms with E-state index in [1.807, 2.05) is 0 Å². The van der Waals surface area contributed by atoms with Crippen LogP contribution in [0.2, 0.25) is 0 Å². The molecule has 17 heteroatoms. The quantitative estimate of drug-likeness (QED) is 0.210. The van der Waals surface area contributed by atoms with Crippen molar-refractivity contribution >= 4 is 47.6 Å². The Morgan fingerprint density at radius 3 is 1.62 bits per heavy atom. The molecule has 12 unspecified atom stereocenters. The van der Waals surface area contributed by atoms with Crippen molar-refractivity contribution in [3.8, 4) is 0 Å². The van der Waals surface area contributed by atoms with Gasteiger partial charge in [-0.15, -0.1) is 0 Å². The van der Waals surface area contributed by atoms with Crippen LogP contribution in [0.25, 0.3) is 0 Å².